The predicted molar refractivity (Wildman–Crippen MR) is 236 cm³/mol. The summed E-state index contributed by atoms with van der Waals surface area (Å²) in [6.45, 7) is 4.71. The zero-order valence-electron chi connectivity index (χ0n) is 30.0. The van der Waals surface area contributed by atoms with Gasteiger partial charge >= 0.3 is 0 Å². The standard InChI is InChI=1S/C50H36N2S2/c1-50(2)43-20-10-9-17-37(43)38-28-27-36(31-44(38)50)52(35-25-23-33(24-26-35)32-13-5-3-6-14-32)45-21-11-18-40-39(45)29-30-41-47-42(19-12-22-46(47)54-48(40)41)49(53)51-34-15-7-4-8-16-34/h3-31H,1-2H3,(H,51,53). The number of rotatable bonds is 6. The number of aliphatic imine (C=N–C) groups is 1. The molecule has 8 aromatic carbocycles. The molecule has 2 nitrogen and oxygen atoms in total. The Morgan fingerprint density at radius 2 is 1.22 bits per heavy atom. The molecule has 0 amide bonds. The van der Waals surface area contributed by atoms with Gasteiger partial charge < -0.3 is 4.90 Å². The number of hydrogen-bond donors (Lipinski definition) is 1. The number of benzene rings is 8. The smallest absolute Gasteiger partial charge is 0.102 e. The third-order valence-corrected chi connectivity index (χ3v) is 12.6. The average molecular weight is 729 g/mol. The summed E-state index contributed by atoms with van der Waals surface area (Å²) >= 11 is 6.78. The minimum absolute atomic E-state index is 0.111. The van der Waals surface area contributed by atoms with Crippen LogP contribution in [0.15, 0.2) is 181 Å². The average Bonchev–Trinajstić information content (AvgIpc) is 3.71. The van der Waals surface area contributed by atoms with E-state index in [1.807, 2.05) is 41.7 Å². The zero-order valence-corrected chi connectivity index (χ0v) is 31.7. The fraction of sp³-hybridized carbons (Fsp3) is 0.0600. The Bertz CT molecular complexity index is 2910. The largest absolute Gasteiger partial charge is 0.310 e. The lowest BCUT2D eigenvalue weighted by molar-refractivity contribution is 0.660. The summed E-state index contributed by atoms with van der Waals surface area (Å²) in [5.41, 5.74) is 13.0. The van der Waals surface area contributed by atoms with Crippen molar-refractivity contribution in [1.29, 1.82) is 0 Å². The first-order chi connectivity index (χ1) is 26.5. The first-order valence-corrected chi connectivity index (χ1v) is 19.6. The normalized spacial score (nSPS) is 13.4. The van der Waals surface area contributed by atoms with Gasteiger partial charge in [0, 0.05) is 53.3 Å². The molecule has 0 radical (unpaired) electrons. The molecular weight excluding hydrogens is 693 g/mol. The molecule has 10 rings (SSSR count). The van der Waals surface area contributed by atoms with Gasteiger partial charge in [0.1, 0.15) is 5.04 Å². The maximum absolute atomic E-state index is 4.94. The van der Waals surface area contributed by atoms with E-state index in [2.05, 4.69) is 164 Å². The Labute approximate surface area is 325 Å². The highest BCUT2D eigenvalue weighted by Gasteiger charge is 2.35. The van der Waals surface area contributed by atoms with Crippen LogP contribution in [0.4, 0.5) is 22.7 Å². The van der Waals surface area contributed by atoms with Gasteiger partial charge in [-0.1, -0.05) is 141 Å². The minimum atomic E-state index is -0.111. The summed E-state index contributed by atoms with van der Waals surface area (Å²) in [7, 11) is 0. The lowest BCUT2D eigenvalue weighted by atomic mass is 9.82. The van der Waals surface area contributed by atoms with Crippen LogP contribution in [0.1, 0.15) is 30.5 Å². The van der Waals surface area contributed by atoms with Crippen molar-refractivity contribution in [2.75, 3.05) is 4.90 Å². The summed E-state index contributed by atoms with van der Waals surface area (Å²) in [5, 5.41) is 5.58. The third kappa shape index (κ3) is 5.28. The number of anilines is 3. The van der Waals surface area contributed by atoms with Crippen LogP contribution >= 0.6 is 24.0 Å². The molecule has 4 heteroatoms. The van der Waals surface area contributed by atoms with Crippen molar-refractivity contribution in [3.8, 4) is 22.3 Å². The molecule has 1 aliphatic carbocycles. The molecule has 0 N–H and O–H groups in total. The number of fused-ring (bicyclic) bond motifs is 8. The summed E-state index contributed by atoms with van der Waals surface area (Å²) in [6, 6.07) is 63.4. The highest BCUT2D eigenvalue weighted by Crippen LogP contribution is 2.51. The van der Waals surface area contributed by atoms with E-state index in [0.29, 0.717) is 5.04 Å². The van der Waals surface area contributed by atoms with Gasteiger partial charge in [0.15, 0.2) is 0 Å². The van der Waals surface area contributed by atoms with Crippen molar-refractivity contribution in [3.63, 3.8) is 0 Å². The third-order valence-electron chi connectivity index (χ3n) is 11.0. The van der Waals surface area contributed by atoms with Crippen LogP contribution in [0.3, 0.4) is 0 Å². The van der Waals surface area contributed by atoms with Gasteiger partial charge in [-0.15, -0.1) is 24.0 Å². The molecule has 1 heterocycles. The van der Waals surface area contributed by atoms with Gasteiger partial charge in [0.05, 0.1) is 11.4 Å². The van der Waals surface area contributed by atoms with Crippen LogP contribution in [-0.4, -0.2) is 5.04 Å². The van der Waals surface area contributed by atoms with E-state index in [-0.39, 0.29) is 5.41 Å². The van der Waals surface area contributed by atoms with Crippen molar-refractivity contribution in [3.05, 3.63) is 193 Å². The lowest BCUT2D eigenvalue weighted by Crippen LogP contribution is -2.16. The molecule has 0 aliphatic heterocycles. The SMILES string of the molecule is CC1(C)c2ccccc2-c2ccc(N(c3ccc(-c4ccccc4)cc3)c3cccc4c3ccc3c4sc4cccc(C(S)=Nc5ccccc5)c43)cc21. The number of nitrogens with zero attached hydrogens (tertiary/aromatic N) is 2. The van der Waals surface area contributed by atoms with Crippen molar-refractivity contribution in [2.24, 2.45) is 4.99 Å². The molecule has 0 atom stereocenters. The molecule has 0 spiro atoms. The Kier molecular flexibility index (Phi) is 7.79. The zero-order chi connectivity index (χ0) is 36.4. The minimum Gasteiger partial charge on any atom is -0.310 e. The first kappa shape index (κ1) is 32.7. The van der Waals surface area contributed by atoms with Gasteiger partial charge in [-0.3, -0.25) is 0 Å². The van der Waals surface area contributed by atoms with Gasteiger partial charge in [0.2, 0.25) is 0 Å². The predicted octanol–water partition coefficient (Wildman–Crippen LogP) is 14.7. The fourth-order valence-electron chi connectivity index (χ4n) is 8.38. The van der Waals surface area contributed by atoms with Gasteiger partial charge in [-0.25, -0.2) is 4.99 Å². The molecule has 0 saturated heterocycles. The van der Waals surface area contributed by atoms with Crippen molar-refractivity contribution in [1.82, 2.24) is 0 Å². The van der Waals surface area contributed by atoms with Crippen LogP contribution in [0.2, 0.25) is 0 Å². The van der Waals surface area contributed by atoms with Crippen LogP contribution in [0.25, 0.3) is 53.2 Å². The fourth-order valence-corrected chi connectivity index (χ4v) is 9.94. The van der Waals surface area contributed by atoms with Crippen molar-refractivity contribution >= 4 is 82.7 Å². The van der Waals surface area contributed by atoms with Crippen molar-refractivity contribution in [2.45, 2.75) is 19.3 Å². The number of para-hydroxylation sites is 1. The molecule has 258 valence electrons. The molecule has 0 saturated carbocycles. The Hall–Kier alpha value is -5.94. The highest BCUT2D eigenvalue weighted by molar-refractivity contribution is 7.97. The number of thiophene rings is 1. The molecule has 0 fully saturated rings. The van der Waals surface area contributed by atoms with Gasteiger partial charge in [-0.05, 0) is 81.9 Å². The summed E-state index contributed by atoms with van der Waals surface area (Å²) in [5.74, 6) is 0. The summed E-state index contributed by atoms with van der Waals surface area (Å²) in [6.07, 6.45) is 0. The van der Waals surface area contributed by atoms with Crippen LogP contribution in [0.5, 0.6) is 0 Å². The monoisotopic (exact) mass is 728 g/mol. The first-order valence-electron chi connectivity index (χ1n) is 18.4. The second kappa shape index (κ2) is 12.9. The van der Waals surface area contributed by atoms with Gasteiger partial charge in [0.25, 0.3) is 0 Å². The molecule has 54 heavy (non-hydrogen) atoms. The second-order valence-corrected chi connectivity index (χ2v) is 16.0. The van der Waals surface area contributed by atoms with Crippen LogP contribution in [-0.2, 0) is 5.41 Å². The molecular formula is C50H36N2S2. The molecule has 1 aliphatic rings. The second-order valence-electron chi connectivity index (χ2n) is 14.5. The maximum atomic E-state index is 4.94. The highest BCUT2D eigenvalue weighted by atomic mass is 32.1. The van der Waals surface area contributed by atoms with Crippen LogP contribution < -0.4 is 4.90 Å². The van der Waals surface area contributed by atoms with E-state index >= 15 is 0 Å². The Balaban J connectivity index is 1.16. The van der Waals surface area contributed by atoms with Crippen molar-refractivity contribution < 1.29 is 0 Å². The van der Waals surface area contributed by atoms with E-state index in [1.54, 1.807) is 0 Å². The van der Waals surface area contributed by atoms with E-state index < -0.39 is 0 Å². The quantitative estimate of drug-likeness (QED) is 0.102. The van der Waals surface area contributed by atoms with E-state index in [9.17, 15) is 0 Å². The maximum Gasteiger partial charge on any atom is 0.102 e. The van der Waals surface area contributed by atoms with Crippen LogP contribution in [0, 0.1) is 0 Å². The molecule has 1 aromatic heterocycles. The molecule has 0 bridgehead atoms. The van der Waals surface area contributed by atoms with Gasteiger partial charge in [-0.2, -0.15) is 0 Å². The number of thiol groups is 1. The topological polar surface area (TPSA) is 15.6 Å². The molecule has 0 unspecified atom stereocenters. The molecule has 9 aromatic rings. The van der Waals surface area contributed by atoms with E-state index in [1.165, 1.54) is 64.3 Å². The van der Waals surface area contributed by atoms with E-state index in [4.69, 9.17) is 17.6 Å². The Morgan fingerprint density at radius 3 is 2.04 bits per heavy atom. The number of hydrogen-bond acceptors (Lipinski definition) is 3. The van der Waals surface area contributed by atoms with E-state index in [0.717, 1.165) is 28.3 Å². The lowest BCUT2D eigenvalue weighted by Gasteiger charge is -2.29. The summed E-state index contributed by atoms with van der Waals surface area (Å²) < 4.78 is 2.49. The Morgan fingerprint density at radius 1 is 0.556 bits per heavy atom. The summed E-state index contributed by atoms with van der Waals surface area (Å²) in [4.78, 5) is 7.33.